The van der Waals surface area contributed by atoms with Gasteiger partial charge < -0.3 is 14.6 Å². The van der Waals surface area contributed by atoms with E-state index < -0.39 is 11.6 Å². The maximum absolute atomic E-state index is 11.7. The molecule has 1 fully saturated rings. The number of halogens is 1. The van der Waals surface area contributed by atoms with Crippen LogP contribution in [0.1, 0.15) is 52.0 Å². The van der Waals surface area contributed by atoms with Crippen LogP contribution < -0.4 is 34.7 Å². The van der Waals surface area contributed by atoms with Crippen LogP contribution in [-0.2, 0) is 16.0 Å². The number of rotatable bonds is 6. The number of carbonyl (C=O) groups is 1. The number of carboxylic acids is 1. The summed E-state index contributed by atoms with van der Waals surface area (Å²) >= 11 is 5.88. The fraction of sp³-hybridized carbons (Fsp3) is 0.632. The summed E-state index contributed by atoms with van der Waals surface area (Å²) in [5.41, 5.74) is -0.416. The number of benzene rings is 1. The van der Waals surface area contributed by atoms with Crippen LogP contribution in [0.4, 0.5) is 0 Å². The largest absolute Gasteiger partial charge is 1.00 e. The molecule has 1 atom stereocenters. The molecule has 0 bridgehead atoms. The minimum Gasteiger partial charge on any atom is -0.547 e. The van der Waals surface area contributed by atoms with E-state index in [4.69, 9.17) is 16.3 Å². The Balaban J connectivity index is 0.00000288. The van der Waals surface area contributed by atoms with Gasteiger partial charge in [-0.1, -0.05) is 37.6 Å². The maximum atomic E-state index is 11.7. The van der Waals surface area contributed by atoms with Gasteiger partial charge in [-0.25, -0.2) is 0 Å². The van der Waals surface area contributed by atoms with Gasteiger partial charge in [-0.2, -0.15) is 0 Å². The van der Waals surface area contributed by atoms with Gasteiger partial charge in [0.05, 0.1) is 12.1 Å². The van der Waals surface area contributed by atoms with Gasteiger partial charge in [0.2, 0.25) is 0 Å². The molecule has 0 radical (unpaired) electrons. The molecule has 128 valence electrons. The van der Waals surface area contributed by atoms with E-state index in [0.29, 0.717) is 10.9 Å². The summed E-state index contributed by atoms with van der Waals surface area (Å²) in [6, 6.07) is 7.20. The molecular formula is C19H26ClNaO3. The summed E-state index contributed by atoms with van der Waals surface area (Å²) in [4.78, 5) is 11.7. The predicted octanol–water partition coefficient (Wildman–Crippen LogP) is 0.627. The Hall–Kier alpha value is -0.0600. The molecule has 1 aliphatic carbocycles. The van der Waals surface area contributed by atoms with Crippen LogP contribution in [0, 0.1) is 11.8 Å². The summed E-state index contributed by atoms with van der Waals surface area (Å²) in [5, 5.41) is 12.3. The van der Waals surface area contributed by atoms with Crippen LogP contribution in [0.5, 0.6) is 0 Å². The summed E-state index contributed by atoms with van der Waals surface area (Å²) < 4.78 is 6.01. The van der Waals surface area contributed by atoms with E-state index in [2.05, 4.69) is 13.8 Å². The molecule has 1 aromatic rings. The second-order valence-electron chi connectivity index (χ2n) is 7.22. The van der Waals surface area contributed by atoms with E-state index in [9.17, 15) is 9.90 Å². The molecule has 0 spiro atoms. The number of hydrogen-bond acceptors (Lipinski definition) is 3. The fourth-order valence-electron chi connectivity index (χ4n) is 3.39. The number of carboxylic acid groups (broad SMARTS) is 1. The summed E-state index contributed by atoms with van der Waals surface area (Å²) in [6.45, 7) is 6.11. The second-order valence-corrected chi connectivity index (χ2v) is 7.66. The molecule has 2 rings (SSSR count). The van der Waals surface area contributed by atoms with Gasteiger partial charge in [0, 0.05) is 11.4 Å². The van der Waals surface area contributed by atoms with E-state index in [-0.39, 0.29) is 42.1 Å². The Labute approximate surface area is 172 Å². The van der Waals surface area contributed by atoms with Gasteiger partial charge in [0.15, 0.2) is 0 Å². The van der Waals surface area contributed by atoms with E-state index in [1.54, 1.807) is 19.1 Å². The quantitative estimate of drug-likeness (QED) is 0.699. The van der Waals surface area contributed by atoms with Crippen LogP contribution in [-0.4, -0.2) is 17.7 Å². The molecule has 0 saturated heterocycles. The first-order valence-electron chi connectivity index (χ1n) is 8.44. The molecule has 0 heterocycles. The molecule has 5 heteroatoms. The molecule has 0 amide bonds. The third-order valence-electron chi connectivity index (χ3n) is 4.97. The first kappa shape index (κ1) is 22.0. The Morgan fingerprint density at radius 1 is 1.25 bits per heavy atom. The molecule has 0 aromatic heterocycles. The monoisotopic (exact) mass is 360 g/mol. The van der Waals surface area contributed by atoms with Crippen LogP contribution >= 0.6 is 11.6 Å². The van der Waals surface area contributed by atoms with Crippen LogP contribution in [0.3, 0.4) is 0 Å². The molecular weight excluding hydrogens is 335 g/mol. The molecule has 1 aliphatic rings. The normalized spacial score (nSPS) is 23.4. The second kappa shape index (κ2) is 9.59. The third-order valence-corrected chi connectivity index (χ3v) is 5.23. The van der Waals surface area contributed by atoms with E-state index in [1.807, 2.05) is 12.1 Å². The van der Waals surface area contributed by atoms with Crippen molar-refractivity contribution >= 4 is 17.6 Å². The van der Waals surface area contributed by atoms with Crippen LogP contribution in [0.25, 0.3) is 0 Å². The molecule has 24 heavy (non-hydrogen) atoms. The summed E-state index contributed by atoms with van der Waals surface area (Å²) in [5.74, 6) is 0.247. The molecule has 1 saturated carbocycles. The average Bonchev–Trinajstić information content (AvgIpc) is 2.50. The Morgan fingerprint density at radius 2 is 1.79 bits per heavy atom. The fourth-order valence-corrected chi connectivity index (χ4v) is 3.52. The average molecular weight is 361 g/mol. The number of carbonyl (C=O) groups excluding carboxylic acids is 1. The first-order valence-corrected chi connectivity index (χ1v) is 8.81. The SMILES string of the molecule is CC(C)C1CCC(OC(C)(Cc2ccc(Cl)cc2)C(=O)[O-])CC1.[Na+]. The minimum atomic E-state index is -1.30. The van der Waals surface area contributed by atoms with Gasteiger partial charge in [-0.05, 0) is 62.1 Å². The van der Waals surface area contributed by atoms with Gasteiger partial charge in [-0.15, -0.1) is 0 Å². The van der Waals surface area contributed by atoms with Gasteiger partial charge in [0.25, 0.3) is 0 Å². The predicted molar refractivity (Wildman–Crippen MR) is 90.2 cm³/mol. The van der Waals surface area contributed by atoms with Gasteiger partial charge in [0.1, 0.15) is 5.60 Å². The van der Waals surface area contributed by atoms with Gasteiger partial charge >= 0.3 is 29.6 Å². The van der Waals surface area contributed by atoms with Crippen molar-refractivity contribution in [3.63, 3.8) is 0 Å². The molecule has 1 aromatic carbocycles. The Bertz CT molecular complexity index is 524. The molecule has 1 unspecified atom stereocenters. The van der Waals surface area contributed by atoms with Crippen LogP contribution in [0.2, 0.25) is 5.02 Å². The number of ether oxygens (including phenoxy) is 1. The van der Waals surface area contributed by atoms with Crippen molar-refractivity contribution in [3.05, 3.63) is 34.9 Å². The zero-order valence-corrected chi connectivity index (χ0v) is 17.9. The van der Waals surface area contributed by atoms with Crippen molar-refractivity contribution in [2.45, 2.75) is 64.6 Å². The van der Waals surface area contributed by atoms with Crippen molar-refractivity contribution in [2.24, 2.45) is 11.8 Å². The van der Waals surface area contributed by atoms with Crippen molar-refractivity contribution in [1.29, 1.82) is 0 Å². The van der Waals surface area contributed by atoms with Crippen molar-refractivity contribution in [3.8, 4) is 0 Å². The first-order chi connectivity index (χ1) is 10.8. The molecule has 0 N–H and O–H groups in total. The standard InChI is InChI=1S/C19H27ClO3.Na/c1-13(2)15-6-10-17(11-7-15)23-19(3,18(21)22)12-14-4-8-16(20)9-5-14;/h4-5,8-9,13,15,17H,6-7,10-12H2,1-3H3,(H,21,22);/q;+1/p-1. The van der Waals surface area contributed by atoms with Crippen molar-refractivity contribution in [1.82, 2.24) is 0 Å². The molecule has 3 nitrogen and oxygen atoms in total. The van der Waals surface area contributed by atoms with E-state index in [0.717, 1.165) is 37.2 Å². The number of aliphatic carboxylic acids is 1. The minimum absolute atomic E-state index is 0. The van der Waals surface area contributed by atoms with Crippen molar-refractivity contribution in [2.75, 3.05) is 0 Å². The summed E-state index contributed by atoms with van der Waals surface area (Å²) in [6.07, 6.45) is 4.34. The smallest absolute Gasteiger partial charge is 0.547 e. The van der Waals surface area contributed by atoms with Crippen LogP contribution in [0.15, 0.2) is 24.3 Å². The number of hydrogen-bond donors (Lipinski definition) is 0. The molecule has 0 aliphatic heterocycles. The zero-order chi connectivity index (χ0) is 17.0. The maximum Gasteiger partial charge on any atom is 1.00 e. The Kier molecular flexibility index (Phi) is 8.78. The summed E-state index contributed by atoms with van der Waals surface area (Å²) in [7, 11) is 0. The Morgan fingerprint density at radius 3 is 2.25 bits per heavy atom. The third kappa shape index (κ3) is 6.03. The zero-order valence-electron chi connectivity index (χ0n) is 15.2. The van der Waals surface area contributed by atoms with E-state index in [1.165, 1.54) is 0 Å². The van der Waals surface area contributed by atoms with Crippen molar-refractivity contribution < 1.29 is 44.2 Å². The van der Waals surface area contributed by atoms with Gasteiger partial charge in [-0.3, -0.25) is 0 Å². The van der Waals surface area contributed by atoms with E-state index >= 15 is 0 Å². The topological polar surface area (TPSA) is 49.4 Å².